The molecule has 1 amide bonds. The van der Waals surface area contributed by atoms with E-state index in [1.54, 1.807) is 37.1 Å². The van der Waals surface area contributed by atoms with Crippen LogP contribution in [0, 0.1) is 0 Å². The van der Waals surface area contributed by atoms with E-state index in [-0.39, 0.29) is 5.91 Å². The van der Waals surface area contributed by atoms with Gasteiger partial charge in [-0.1, -0.05) is 35.3 Å². The molecule has 2 heterocycles. The molecule has 1 atom stereocenters. The van der Waals surface area contributed by atoms with E-state index in [4.69, 9.17) is 27.9 Å². The predicted octanol–water partition coefficient (Wildman–Crippen LogP) is 3.55. The number of benzene rings is 1. The molecule has 0 fully saturated rings. The van der Waals surface area contributed by atoms with Gasteiger partial charge in [0.2, 0.25) is 0 Å². The molecule has 1 unspecified atom stereocenters. The van der Waals surface area contributed by atoms with Gasteiger partial charge >= 0.3 is 5.97 Å². The maximum absolute atomic E-state index is 12.4. The Morgan fingerprint density at radius 1 is 1.42 bits per heavy atom. The lowest BCUT2D eigenvalue weighted by atomic mass is 10.0. The SMILES string of the molecule is CCOC(=O)/C=C/C1c2c(Cc3ccc(Cl)cc3Cl)n[nH]c2C(=O)N1C. The molecule has 6 nitrogen and oxygen atoms in total. The third kappa shape index (κ3) is 3.48. The molecule has 3 rings (SSSR count). The van der Waals surface area contributed by atoms with Crippen LogP contribution in [-0.2, 0) is 16.0 Å². The number of carbonyl (C=O) groups is 2. The number of nitrogens with zero attached hydrogens (tertiary/aromatic N) is 2. The molecule has 0 aliphatic carbocycles. The van der Waals surface area contributed by atoms with Crippen molar-refractivity contribution in [1.29, 1.82) is 0 Å². The molecule has 1 aliphatic heterocycles. The Bertz CT molecular complexity index is 892. The quantitative estimate of drug-likeness (QED) is 0.622. The summed E-state index contributed by atoms with van der Waals surface area (Å²) in [6.45, 7) is 2.03. The number of hydrogen-bond acceptors (Lipinski definition) is 4. The van der Waals surface area contributed by atoms with Gasteiger partial charge in [-0.25, -0.2) is 4.79 Å². The number of likely N-dealkylation sites (N-methyl/N-ethyl adjacent to an activating group) is 1. The Kier molecular flexibility index (Phi) is 5.34. The molecular weight excluding hydrogens is 377 g/mol. The first-order valence-electron chi connectivity index (χ1n) is 8.05. The van der Waals surface area contributed by atoms with Crippen LogP contribution in [0.2, 0.25) is 10.0 Å². The zero-order valence-corrected chi connectivity index (χ0v) is 15.8. The molecule has 8 heteroatoms. The van der Waals surface area contributed by atoms with E-state index in [0.717, 1.165) is 11.1 Å². The molecule has 0 bridgehead atoms. The van der Waals surface area contributed by atoms with Crippen LogP contribution < -0.4 is 0 Å². The standard InChI is InChI=1S/C18H17Cl2N3O3/c1-3-26-15(24)7-6-14-16-13(21-22-17(16)18(25)23(14)2)8-10-4-5-11(19)9-12(10)20/h4-7,9,14H,3,8H2,1-2H3,(H,21,22)/b7-6+. The summed E-state index contributed by atoms with van der Waals surface area (Å²) >= 11 is 12.2. The van der Waals surface area contributed by atoms with Crippen molar-refractivity contribution in [3.63, 3.8) is 0 Å². The van der Waals surface area contributed by atoms with E-state index in [1.807, 2.05) is 6.07 Å². The summed E-state index contributed by atoms with van der Waals surface area (Å²) in [5.74, 6) is -0.632. The van der Waals surface area contributed by atoms with Gasteiger partial charge in [-0.2, -0.15) is 5.10 Å². The summed E-state index contributed by atoms with van der Waals surface area (Å²) in [7, 11) is 1.68. The monoisotopic (exact) mass is 393 g/mol. The molecule has 1 N–H and O–H groups in total. The second kappa shape index (κ2) is 7.51. The lowest BCUT2D eigenvalue weighted by Crippen LogP contribution is -2.23. The maximum Gasteiger partial charge on any atom is 0.330 e. The molecule has 1 aromatic carbocycles. The van der Waals surface area contributed by atoms with Crippen LogP contribution >= 0.6 is 23.2 Å². The van der Waals surface area contributed by atoms with Crippen molar-refractivity contribution in [2.75, 3.05) is 13.7 Å². The lowest BCUT2D eigenvalue weighted by Gasteiger charge is -2.18. The zero-order valence-electron chi connectivity index (χ0n) is 14.3. The smallest absolute Gasteiger partial charge is 0.330 e. The topological polar surface area (TPSA) is 75.3 Å². The Morgan fingerprint density at radius 3 is 2.88 bits per heavy atom. The van der Waals surface area contributed by atoms with Gasteiger partial charge in [-0.05, 0) is 24.6 Å². The first kappa shape index (κ1) is 18.5. The van der Waals surface area contributed by atoms with Crippen LogP contribution in [0.25, 0.3) is 0 Å². The highest BCUT2D eigenvalue weighted by Crippen LogP contribution is 2.36. The van der Waals surface area contributed by atoms with Crippen molar-refractivity contribution >= 4 is 35.1 Å². The van der Waals surface area contributed by atoms with Crippen molar-refractivity contribution in [2.24, 2.45) is 0 Å². The lowest BCUT2D eigenvalue weighted by molar-refractivity contribution is -0.137. The average Bonchev–Trinajstić information content (AvgIpc) is 3.10. The fraction of sp³-hybridized carbons (Fsp3) is 0.278. The van der Waals surface area contributed by atoms with Crippen LogP contribution in [0.15, 0.2) is 30.4 Å². The number of aromatic amines is 1. The van der Waals surface area contributed by atoms with Crippen molar-refractivity contribution in [1.82, 2.24) is 15.1 Å². The largest absolute Gasteiger partial charge is 0.463 e. The average molecular weight is 394 g/mol. The van der Waals surface area contributed by atoms with Gasteiger partial charge in [-0.3, -0.25) is 9.89 Å². The van der Waals surface area contributed by atoms with Gasteiger partial charge in [0.05, 0.1) is 18.3 Å². The molecule has 136 valence electrons. The van der Waals surface area contributed by atoms with Gasteiger partial charge in [0.15, 0.2) is 0 Å². The van der Waals surface area contributed by atoms with Gasteiger partial charge in [0.1, 0.15) is 5.69 Å². The molecular formula is C18H17Cl2N3O3. The van der Waals surface area contributed by atoms with Gasteiger partial charge in [0.25, 0.3) is 5.91 Å². The van der Waals surface area contributed by atoms with Crippen LogP contribution in [0.5, 0.6) is 0 Å². The second-order valence-electron chi connectivity index (χ2n) is 5.84. The second-order valence-corrected chi connectivity index (χ2v) is 6.69. The molecule has 2 aromatic rings. The minimum atomic E-state index is -0.451. The molecule has 1 aliphatic rings. The zero-order chi connectivity index (χ0) is 18.8. The minimum Gasteiger partial charge on any atom is -0.463 e. The Hall–Kier alpha value is -2.31. The highest BCUT2D eigenvalue weighted by molar-refractivity contribution is 6.35. The van der Waals surface area contributed by atoms with E-state index in [0.29, 0.717) is 34.5 Å². The number of ether oxygens (including phenoxy) is 1. The number of rotatable bonds is 5. The van der Waals surface area contributed by atoms with Crippen molar-refractivity contribution in [2.45, 2.75) is 19.4 Å². The highest BCUT2D eigenvalue weighted by Gasteiger charge is 2.37. The summed E-state index contributed by atoms with van der Waals surface area (Å²) in [4.78, 5) is 25.6. The highest BCUT2D eigenvalue weighted by atomic mass is 35.5. The molecule has 26 heavy (non-hydrogen) atoms. The summed E-state index contributed by atoms with van der Waals surface area (Å²) in [5, 5.41) is 8.17. The third-order valence-corrected chi connectivity index (χ3v) is 4.79. The summed E-state index contributed by atoms with van der Waals surface area (Å²) < 4.78 is 4.90. The summed E-state index contributed by atoms with van der Waals surface area (Å²) in [6, 6.07) is 4.85. The molecule has 0 radical (unpaired) electrons. The Morgan fingerprint density at radius 2 is 2.19 bits per heavy atom. The normalized spacial score (nSPS) is 16.4. The number of halogens is 2. The van der Waals surface area contributed by atoms with Crippen LogP contribution in [-0.4, -0.2) is 40.6 Å². The number of carbonyl (C=O) groups excluding carboxylic acids is 2. The number of esters is 1. The van der Waals surface area contributed by atoms with Crippen molar-refractivity contribution in [3.05, 3.63) is 62.9 Å². The first-order valence-corrected chi connectivity index (χ1v) is 8.81. The van der Waals surface area contributed by atoms with E-state index in [9.17, 15) is 9.59 Å². The van der Waals surface area contributed by atoms with E-state index in [2.05, 4.69) is 10.2 Å². The molecule has 0 saturated heterocycles. The Labute approximate surface area is 160 Å². The fourth-order valence-electron chi connectivity index (χ4n) is 2.93. The van der Waals surface area contributed by atoms with Gasteiger partial charge in [0, 0.05) is 35.2 Å². The summed E-state index contributed by atoms with van der Waals surface area (Å²) in [6.07, 6.45) is 3.41. The van der Waals surface area contributed by atoms with E-state index < -0.39 is 12.0 Å². The van der Waals surface area contributed by atoms with Crippen molar-refractivity contribution < 1.29 is 14.3 Å². The minimum absolute atomic E-state index is 0.181. The fourth-order valence-corrected chi connectivity index (χ4v) is 3.41. The van der Waals surface area contributed by atoms with Crippen molar-refractivity contribution in [3.8, 4) is 0 Å². The number of amides is 1. The number of nitrogens with one attached hydrogen (secondary N) is 1. The number of hydrogen-bond donors (Lipinski definition) is 1. The van der Waals surface area contributed by atoms with Crippen LogP contribution in [0.4, 0.5) is 0 Å². The van der Waals surface area contributed by atoms with Gasteiger partial charge < -0.3 is 9.64 Å². The predicted molar refractivity (Wildman–Crippen MR) is 98.5 cm³/mol. The maximum atomic E-state index is 12.4. The number of aromatic nitrogens is 2. The van der Waals surface area contributed by atoms with E-state index in [1.165, 1.54) is 6.08 Å². The first-order chi connectivity index (χ1) is 12.4. The number of H-pyrrole nitrogens is 1. The third-order valence-electron chi connectivity index (χ3n) is 4.20. The van der Waals surface area contributed by atoms with Crippen LogP contribution in [0.3, 0.4) is 0 Å². The van der Waals surface area contributed by atoms with E-state index >= 15 is 0 Å². The summed E-state index contributed by atoms with van der Waals surface area (Å²) in [5.41, 5.74) is 2.70. The molecule has 0 saturated carbocycles. The van der Waals surface area contributed by atoms with Gasteiger partial charge in [-0.15, -0.1) is 0 Å². The molecule has 1 aromatic heterocycles. The molecule has 0 spiro atoms. The van der Waals surface area contributed by atoms with Crippen LogP contribution in [0.1, 0.15) is 40.3 Å². The Balaban J connectivity index is 1.93. The number of fused-ring (bicyclic) bond motifs is 1.